The number of benzene rings is 1. The molecule has 2 rings (SSSR count). The van der Waals surface area contributed by atoms with Crippen molar-refractivity contribution < 1.29 is 13.2 Å². The molecule has 1 atom stereocenters. The molecule has 0 saturated carbocycles. The highest BCUT2D eigenvalue weighted by Gasteiger charge is 2.33. The Morgan fingerprint density at radius 3 is 2.67 bits per heavy atom. The summed E-state index contributed by atoms with van der Waals surface area (Å²) in [6, 6.07) is 3.77. The van der Waals surface area contributed by atoms with E-state index < -0.39 is 11.7 Å². The minimum Gasteiger partial charge on any atom is -0.370 e. The first-order chi connectivity index (χ1) is 9.73. The second-order valence-electron chi connectivity index (χ2n) is 5.81. The van der Waals surface area contributed by atoms with Crippen LogP contribution in [-0.2, 0) is 6.18 Å². The number of alkyl halides is 3. The van der Waals surface area contributed by atoms with Crippen LogP contribution in [0.25, 0.3) is 0 Å². The number of rotatable bonds is 2. The van der Waals surface area contributed by atoms with Crippen molar-refractivity contribution in [3.8, 4) is 0 Å². The molecule has 1 N–H and O–H groups in total. The molecule has 0 aliphatic carbocycles. The Bertz CT molecular complexity index is 504. The minimum atomic E-state index is -4.38. The number of halogens is 4. The first-order valence-corrected chi connectivity index (χ1v) is 7.49. The van der Waals surface area contributed by atoms with Crippen molar-refractivity contribution in [1.82, 2.24) is 5.32 Å². The van der Waals surface area contributed by atoms with Crippen molar-refractivity contribution in [3.63, 3.8) is 0 Å². The molecular weight excluding hydrogens is 301 g/mol. The molecule has 1 unspecified atom stereocenters. The Labute approximate surface area is 128 Å². The lowest BCUT2D eigenvalue weighted by molar-refractivity contribution is -0.137. The smallest absolute Gasteiger partial charge is 0.370 e. The summed E-state index contributed by atoms with van der Waals surface area (Å²) in [7, 11) is 0. The fourth-order valence-electron chi connectivity index (χ4n) is 2.59. The zero-order chi connectivity index (χ0) is 15.7. The second kappa shape index (κ2) is 6.05. The number of nitrogens with one attached hydrogen (secondary N) is 1. The van der Waals surface area contributed by atoms with Gasteiger partial charge in [0.2, 0.25) is 0 Å². The molecule has 1 aromatic rings. The summed E-state index contributed by atoms with van der Waals surface area (Å²) in [5.41, 5.74) is -0.254. The highest BCUT2D eigenvalue weighted by atomic mass is 35.5. The molecule has 2 nitrogen and oxygen atoms in total. The SMILES string of the molecule is CCC1(C)CN(c2cc(Cl)cc(C(F)(F)F)c2)CCCN1. The number of hydrogen-bond acceptors (Lipinski definition) is 2. The maximum Gasteiger partial charge on any atom is 0.416 e. The van der Waals surface area contributed by atoms with Gasteiger partial charge in [0.25, 0.3) is 0 Å². The Hall–Kier alpha value is -0.940. The maximum absolute atomic E-state index is 12.9. The van der Waals surface area contributed by atoms with E-state index >= 15 is 0 Å². The highest BCUT2D eigenvalue weighted by molar-refractivity contribution is 6.30. The van der Waals surface area contributed by atoms with E-state index in [0.717, 1.165) is 32.0 Å². The summed E-state index contributed by atoms with van der Waals surface area (Å²) >= 11 is 5.88. The second-order valence-corrected chi connectivity index (χ2v) is 6.25. The number of nitrogens with zero attached hydrogens (tertiary/aromatic N) is 1. The highest BCUT2D eigenvalue weighted by Crippen LogP contribution is 2.35. The lowest BCUT2D eigenvalue weighted by atomic mass is 9.98. The van der Waals surface area contributed by atoms with E-state index in [2.05, 4.69) is 19.2 Å². The van der Waals surface area contributed by atoms with Gasteiger partial charge in [0.05, 0.1) is 5.56 Å². The third kappa shape index (κ3) is 4.04. The van der Waals surface area contributed by atoms with Crippen LogP contribution in [0.2, 0.25) is 5.02 Å². The molecule has 1 fully saturated rings. The third-order valence-electron chi connectivity index (χ3n) is 4.05. The molecule has 0 spiro atoms. The van der Waals surface area contributed by atoms with Crippen molar-refractivity contribution in [1.29, 1.82) is 0 Å². The average molecular weight is 321 g/mol. The first kappa shape index (κ1) is 16.4. The molecule has 118 valence electrons. The molecule has 1 aromatic carbocycles. The van der Waals surface area contributed by atoms with E-state index in [4.69, 9.17) is 11.6 Å². The van der Waals surface area contributed by atoms with Gasteiger partial charge < -0.3 is 10.2 Å². The van der Waals surface area contributed by atoms with E-state index in [-0.39, 0.29) is 10.6 Å². The fourth-order valence-corrected chi connectivity index (χ4v) is 2.82. The average Bonchev–Trinajstić information content (AvgIpc) is 2.60. The molecule has 6 heteroatoms. The predicted molar refractivity (Wildman–Crippen MR) is 80.0 cm³/mol. The molecule has 1 aliphatic rings. The molecule has 1 aliphatic heterocycles. The van der Waals surface area contributed by atoms with Crippen molar-refractivity contribution in [2.45, 2.75) is 38.4 Å². The molecule has 1 heterocycles. The largest absolute Gasteiger partial charge is 0.416 e. The van der Waals surface area contributed by atoms with Crippen LogP contribution in [0.3, 0.4) is 0 Å². The quantitative estimate of drug-likeness (QED) is 0.872. The van der Waals surface area contributed by atoms with Gasteiger partial charge in [-0.1, -0.05) is 18.5 Å². The Kier molecular flexibility index (Phi) is 4.73. The standard InChI is InChI=1S/C15H20ClF3N2/c1-3-14(2)10-21(6-4-5-20-14)13-8-11(15(17,18)19)7-12(16)9-13/h7-9,20H,3-6,10H2,1-2H3. The normalized spacial score (nSPS) is 24.0. The summed E-state index contributed by atoms with van der Waals surface area (Å²) in [4.78, 5) is 1.99. The van der Waals surface area contributed by atoms with E-state index in [9.17, 15) is 13.2 Å². The molecule has 1 saturated heterocycles. The third-order valence-corrected chi connectivity index (χ3v) is 4.27. The fraction of sp³-hybridized carbons (Fsp3) is 0.600. The number of anilines is 1. The number of hydrogen-bond donors (Lipinski definition) is 1. The predicted octanol–water partition coefficient (Wildman–Crippen LogP) is 4.33. The monoisotopic (exact) mass is 320 g/mol. The zero-order valence-corrected chi connectivity index (χ0v) is 13.0. The van der Waals surface area contributed by atoms with E-state index in [1.807, 2.05) is 4.90 Å². The van der Waals surface area contributed by atoms with Gasteiger partial charge in [-0.15, -0.1) is 0 Å². The molecule has 0 bridgehead atoms. The molecule has 0 amide bonds. The summed E-state index contributed by atoms with van der Waals surface area (Å²) in [5.74, 6) is 0. The van der Waals surface area contributed by atoms with Gasteiger partial charge in [-0.25, -0.2) is 0 Å². The molecule has 0 aromatic heterocycles. The summed E-state index contributed by atoms with van der Waals surface area (Å²) in [6.07, 6.45) is -2.57. The van der Waals surface area contributed by atoms with Crippen LogP contribution in [0, 0.1) is 0 Å². The summed E-state index contributed by atoms with van der Waals surface area (Å²) < 4.78 is 38.8. The first-order valence-electron chi connectivity index (χ1n) is 7.11. The van der Waals surface area contributed by atoms with E-state index in [1.54, 1.807) is 6.07 Å². The van der Waals surface area contributed by atoms with E-state index in [0.29, 0.717) is 12.2 Å². The molecule has 0 radical (unpaired) electrons. The maximum atomic E-state index is 12.9. The van der Waals surface area contributed by atoms with Gasteiger partial charge in [0.1, 0.15) is 0 Å². The van der Waals surface area contributed by atoms with Gasteiger partial charge in [-0.2, -0.15) is 13.2 Å². The van der Waals surface area contributed by atoms with Crippen LogP contribution in [-0.4, -0.2) is 25.2 Å². The lowest BCUT2D eigenvalue weighted by Crippen LogP contribution is -2.48. The van der Waals surface area contributed by atoms with Crippen LogP contribution in [0.15, 0.2) is 18.2 Å². The summed E-state index contributed by atoms with van der Waals surface area (Å²) in [5, 5.41) is 3.59. The van der Waals surface area contributed by atoms with Crippen LogP contribution >= 0.6 is 11.6 Å². The van der Waals surface area contributed by atoms with Crippen molar-refractivity contribution in [2.24, 2.45) is 0 Å². The van der Waals surface area contributed by atoms with Crippen molar-refractivity contribution in [2.75, 3.05) is 24.5 Å². The molecule has 21 heavy (non-hydrogen) atoms. The van der Waals surface area contributed by atoms with Crippen LogP contribution in [0.5, 0.6) is 0 Å². The van der Waals surface area contributed by atoms with Gasteiger partial charge in [0.15, 0.2) is 0 Å². The van der Waals surface area contributed by atoms with Gasteiger partial charge in [-0.05, 0) is 44.5 Å². The Morgan fingerprint density at radius 1 is 1.33 bits per heavy atom. The van der Waals surface area contributed by atoms with Gasteiger partial charge >= 0.3 is 6.18 Å². The zero-order valence-electron chi connectivity index (χ0n) is 12.2. The van der Waals surface area contributed by atoms with Gasteiger partial charge in [-0.3, -0.25) is 0 Å². The van der Waals surface area contributed by atoms with Crippen LogP contribution in [0.1, 0.15) is 32.3 Å². The van der Waals surface area contributed by atoms with Crippen LogP contribution < -0.4 is 10.2 Å². The van der Waals surface area contributed by atoms with Crippen LogP contribution in [0.4, 0.5) is 18.9 Å². The van der Waals surface area contributed by atoms with E-state index in [1.165, 1.54) is 6.07 Å². The Balaban J connectivity index is 2.34. The van der Waals surface area contributed by atoms with Crippen molar-refractivity contribution >= 4 is 17.3 Å². The van der Waals surface area contributed by atoms with Gasteiger partial charge in [0, 0.05) is 29.3 Å². The topological polar surface area (TPSA) is 15.3 Å². The minimum absolute atomic E-state index is 0.1000. The summed E-state index contributed by atoms with van der Waals surface area (Å²) in [6.45, 7) is 6.44. The molecular formula is C15H20ClF3N2. The lowest BCUT2D eigenvalue weighted by Gasteiger charge is -2.34. The Morgan fingerprint density at radius 2 is 2.05 bits per heavy atom. The van der Waals surface area contributed by atoms with Crippen molar-refractivity contribution in [3.05, 3.63) is 28.8 Å².